The van der Waals surface area contributed by atoms with Gasteiger partial charge < -0.3 is 9.47 Å². The number of carbonyl (C=O) groups is 1. The number of nitro groups is 1. The number of halogens is 1. The molecule has 0 saturated carbocycles. The first-order chi connectivity index (χ1) is 15.2. The standard InChI is InChI=1S/C21H19BrN4O6/c1-12(2)32-19(27)11-31-20-14(5-4-6-18(20)26(29)30)10-23-25-13(3)24-17-8-7-15(22)9-16(17)21(25)28/h4-10,12H,11H2,1-3H3. The van der Waals surface area contributed by atoms with Crippen molar-refractivity contribution < 1.29 is 19.2 Å². The Morgan fingerprint density at radius 2 is 2.09 bits per heavy atom. The fraction of sp³-hybridized carbons (Fsp3) is 0.238. The zero-order valence-corrected chi connectivity index (χ0v) is 19.0. The van der Waals surface area contributed by atoms with Crippen LogP contribution in [0.4, 0.5) is 5.69 Å². The van der Waals surface area contributed by atoms with Gasteiger partial charge in [-0.15, -0.1) is 0 Å². The Morgan fingerprint density at radius 1 is 1.34 bits per heavy atom. The molecule has 3 rings (SSSR count). The molecule has 0 fully saturated rings. The number of hydrogen-bond donors (Lipinski definition) is 0. The lowest BCUT2D eigenvalue weighted by molar-refractivity contribution is -0.385. The molecular formula is C21H19BrN4O6. The summed E-state index contributed by atoms with van der Waals surface area (Å²) in [5, 5.41) is 16.0. The first-order valence-corrected chi connectivity index (χ1v) is 10.3. The summed E-state index contributed by atoms with van der Waals surface area (Å²) in [6.45, 7) is 4.45. The second kappa shape index (κ2) is 9.69. The van der Waals surface area contributed by atoms with E-state index in [9.17, 15) is 19.7 Å². The third-order valence-electron chi connectivity index (χ3n) is 4.21. The molecule has 0 bridgehead atoms. The lowest BCUT2D eigenvalue weighted by Gasteiger charge is -2.11. The van der Waals surface area contributed by atoms with E-state index in [1.165, 1.54) is 24.4 Å². The number of carbonyl (C=O) groups excluding carboxylic acids is 1. The SMILES string of the molecule is Cc1nc2ccc(Br)cc2c(=O)n1N=Cc1cccc([N+](=O)[O-])c1OCC(=O)OC(C)C. The molecule has 10 nitrogen and oxygen atoms in total. The van der Waals surface area contributed by atoms with Crippen LogP contribution in [0.3, 0.4) is 0 Å². The lowest BCUT2D eigenvalue weighted by atomic mass is 10.2. The van der Waals surface area contributed by atoms with Crippen LogP contribution in [0.5, 0.6) is 5.75 Å². The molecule has 166 valence electrons. The van der Waals surface area contributed by atoms with E-state index in [4.69, 9.17) is 9.47 Å². The van der Waals surface area contributed by atoms with E-state index < -0.39 is 23.1 Å². The van der Waals surface area contributed by atoms with Gasteiger partial charge in [-0.1, -0.05) is 22.0 Å². The van der Waals surface area contributed by atoms with Crippen molar-refractivity contribution in [3.63, 3.8) is 0 Å². The van der Waals surface area contributed by atoms with Crippen LogP contribution in [0, 0.1) is 17.0 Å². The fourth-order valence-corrected chi connectivity index (χ4v) is 3.25. The predicted octanol–water partition coefficient (Wildman–Crippen LogP) is 3.59. The molecule has 2 aromatic carbocycles. The minimum atomic E-state index is -0.669. The van der Waals surface area contributed by atoms with Crippen molar-refractivity contribution in [2.45, 2.75) is 26.9 Å². The lowest BCUT2D eigenvalue weighted by Crippen LogP contribution is -2.21. The van der Waals surface area contributed by atoms with Gasteiger partial charge in [0.25, 0.3) is 5.56 Å². The topological polar surface area (TPSA) is 126 Å². The maximum atomic E-state index is 12.9. The molecule has 32 heavy (non-hydrogen) atoms. The number of hydrogen-bond acceptors (Lipinski definition) is 8. The molecule has 0 saturated heterocycles. The largest absolute Gasteiger partial charge is 0.474 e. The van der Waals surface area contributed by atoms with Crippen LogP contribution in [-0.2, 0) is 9.53 Å². The Hall–Kier alpha value is -3.60. The smallest absolute Gasteiger partial charge is 0.344 e. The summed E-state index contributed by atoms with van der Waals surface area (Å²) in [5.41, 5.74) is -0.0308. The number of esters is 1. The predicted molar refractivity (Wildman–Crippen MR) is 121 cm³/mol. The molecule has 11 heteroatoms. The van der Waals surface area contributed by atoms with Crippen molar-refractivity contribution in [3.05, 3.63) is 72.7 Å². The highest BCUT2D eigenvalue weighted by Gasteiger charge is 2.20. The summed E-state index contributed by atoms with van der Waals surface area (Å²) in [7, 11) is 0. The third kappa shape index (κ3) is 5.17. The molecule has 3 aromatic rings. The molecule has 0 N–H and O–H groups in total. The van der Waals surface area contributed by atoms with Gasteiger partial charge in [-0.05, 0) is 45.0 Å². The van der Waals surface area contributed by atoms with Crippen molar-refractivity contribution in [1.29, 1.82) is 0 Å². The number of nitrogens with zero attached hydrogens (tertiary/aromatic N) is 4. The Balaban J connectivity index is 2.02. The van der Waals surface area contributed by atoms with E-state index in [1.807, 2.05) is 0 Å². The van der Waals surface area contributed by atoms with Crippen LogP contribution in [0.25, 0.3) is 10.9 Å². The summed E-state index contributed by atoms with van der Waals surface area (Å²) < 4.78 is 12.2. The Labute approximate surface area is 190 Å². The first kappa shape index (κ1) is 23.1. The van der Waals surface area contributed by atoms with E-state index >= 15 is 0 Å². The molecule has 0 spiro atoms. The summed E-state index contributed by atoms with van der Waals surface area (Å²) in [4.78, 5) is 39.9. The molecule has 0 aliphatic carbocycles. The molecule has 0 aliphatic heterocycles. The molecule has 0 radical (unpaired) electrons. The maximum Gasteiger partial charge on any atom is 0.344 e. The monoisotopic (exact) mass is 502 g/mol. The Bertz CT molecular complexity index is 1290. The number of para-hydroxylation sites is 1. The number of benzene rings is 2. The zero-order valence-electron chi connectivity index (χ0n) is 17.4. The quantitative estimate of drug-likeness (QED) is 0.209. The molecule has 1 aromatic heterocycles. The van der Waals surface area contributed by atoms with Gasteiger partial charge in [0.15, 0.2) is 6.61 Å². The summed E-state index contributed by atoms with van der Waals surface area (Å²) in [6, 6.07) is 9.34. The normalized spacial score (nSPS) is 11.3. The average Bonchev–Trinajstić information content (AvgIpc) is 2.72. The molecule has 1 heterocycles. The second-order valence-electron chi connectivity index (χ2n) is 6.96. The van der Waals surface area contributed by atoms with Gasteiger partial charge in [-0.25, -0.2) is 9.78 Å². The number of nitro benzene ring substituents is 1. The van der Waals surface area contributed by atoms with Gasteiger partial charge in [0, 0.05) is 16.1 Å². The molecule has 0 atom stereocenters. The molecule has 0 amide bonds. The van der Waals surface area contributed by atoms with Crippen LogP contribution < -0.4 is 10.3 Å². The number of fused-ring (bicyclic) bond motifs is 1. The second-order valence-corrected chi connectivity index (χ2v) is 7.88. The van der Waals surface area contributed by atoms with Crippen molar-refractivity contribution in [1.82, 2.24) is 9.66 Å². The van der Waals surface area contributed by atoms with E-state index in [0.717, 1.165) is 4.68 Å². The summed E-state index contributed by atoms with van der Waals surface area (Å²) >= 11 is 3.33. The average molecular weight is 503 g/mol. The van der Waals surface area contributed by atoms with Crippen LogP contribution >= 0.6 is 15.9 Å². The minimum Gasteiger partial charge on any atom is -0.474 e. The van der Waals surface area contributed by atoms with Crippen LogP contribution in [-0.4, -0.2) is 39.5 Å². The third-order valence-corrected chi connectivity index (χ3v) is 4.70. The number of aryl methyl sites for hydroxylation is 1. The van der Waals surface area contributed by atoms with E-state index in [1.54, 1.807) is 39.0 Å². The van der Waals surface area contributed by atoms with Crippen molar-refractivity contribution in [2.75, 3.05) is 6.61 Å². The highest BCUT2D eigenvalue weighted by Crippen LogP contribution is 2.30. The Kier molecular flexibility index (Phi) is 6.98. The summed E-state index contributed by atoms with van der Waals surface area (Å²) in [5.74, 6) is -0.504. The van der Waals surface area contributed by atoms with Gasteiger partial charge in [-0.2, -0.15) is 9.78 Å². The van der Waals surface area contributed by atoms with E-state index in [2.05, 4.69) is 26.0 Å². The minimum absolute atomic E-state index is 0.163. The fourth-order valence-electron chi connectivity index (χ4n) is 2.89. The van der Waals surface area contributed by atoms with Gasteiger partial charge in [0.05, 0.1) is 28.1 Å². The van der Waals surface area contributed by atoms with Crippen LogP contribution in [0.2, 0.25) is 0 Å². The van der Waals surface area contributed by atoms with Crippen molar-refractivity contribution in [2.24, 2.45) is 5.10 Å². The van der Waals surface area contributed by atoms with Gasteiger partial charge in [-0.3, -0.25) is 14.9 Å². The van der Waals surface area contributed by atoms with Gasteiger partial charge in [0.2, 0.25) is 5.75 Å². The van der Waals surface area contributed by atoms with Crippen molar-refractivity contribution in [3.8, 4) is 5.75 Å². The Morgan fingerprint density at radius 3 is 2.78 bits per heavy atom. The van der Waals surface area contributed by atoms with Crippen LogP contribution in [0.15, 0.2) is 50.8 Å². The summed E-state index contributed by atoms with van der Waals surface area (Å²) in [6.07, 6.45) is 0.893. The molecule has 0 unspecified atom stereocenters. The molecule has 0 aliphatic rings. The van der Waals surface area contributed by atoms with Gasteiger partial charge >= 0.3 is 11.7 Å². The highest BCUT2D eigenvalue weighted by molar-refractivity contribution is 9.10. The van der Waals surface area contributed by atoms with Gasteiger partial charge in [0.1, 0.15) is 5.82 Å². The molecular weight excluding hydrogens is 484 g/mol. The number of ether oxygens (including phenoxy) is 2. The zero-order chi connectivity index (χ0) is 23.4. The first-order valence-electron chi connectivity index (χ1n) is 9.50. The van der Waals surface area contributed by atoms with E-state index in [0.29, 0.717) is 21.2 Å². The van der Waals surface area contributed by atoms with Crippen molar-refractivity contribution >= 4 is 44.7 Å². The van der Waals surface area contributed by atoms with Crippen LogP contribution in [0.1, 0.15) is 25.2 Å². The number of aromatic nitrogens is 2. The maximum absolute atomic E-state index is 12.9. The highest BCUT2D eigenvalue weighted by atomic mass is 79.9. The van der Waals surface area contributed by atoms with E-state index in [-0.39, 0.29) is 23.1 Å². The number of rotatable bonds is 7.